The zero-order chi connectivity index (χ0) is 56.4. The summed E-state index contributed by atoms with van der Waals surface area (Å²) in [5.41, 5.74) is 11.1. The minimum atomic E-state index is -0.141. The van der Waals surface area contributed by atoms with Gasteiger partial charge in [-0.2, -0.15) is 5.26 Å². The van der Waals surface area contributed by atoms with E-state index in [2.05, 4.69) is 142 Å². The highest BCUT2D eigenvalue weighted by atomic mass is 32.1. The first-order valence-electron chi connectivity index (χ1n) is 29.3. The quantitative estimate of drug-likeness (QED) is 0.0587. The molecule has 13 heteroatoms. The van der Waals surface area contributed by atoms with Crippen molar-refractivity contribution >= 4 is 125 Å². The number of aryl methyl sites for hydroxylation is 6. The summed E-state index contributed by atoms with van der Waals surface area (Å²) < 4.78 is 0. The van der Waals surface area contributed by atoms with Crippen LogP contribution < -0.4 is 5.32 Å². The number of carbonyl (C=O) groups excluding carboxylic acids is 2. The van der Waals surface area contributed by atoms with Crippen LogP contribution in [-0.4, -0.2) is 11.7 Å². The SMILES string of the molecule is CCCCc1ccsc1-c1ccc(-c2sc(C#N)cc2CCCC)s1.CCCCc1ccsc1-c1ccc(-c2sc(C3=C4C(=O)NC(c5cc(CCCC)c(-c6ccc(-c7sccc7CCCC)s6)s5)=C4C(=O)C3)cc2CCCC)s1. The number of nitrogens with zero attached hydrogens (tertiary/aromatic N) is 1. The van der Waals surface area contributed by atoms with Crippen LogP contribution >= 0.6 is 102 Å². The summed E-state index contributed by atoms with van der Waals surface area (Å²) in [4.78, 5) is 46.8. The molecule has 9 aromatic heterocycles. The molecule has 0 saturated heterocycles. The maximum Gasteiger partial charge on any atom is 0.256 e. The zero-order valence-electron chi connectivity index (χ0n) is 47.5. The monoisotopic (exact) mass is 1240 g/mol. The summed E-state index contributed by atoms with van der Waals surface area (Å²) in [7, 11) is 0. The molecule has 9 aromatic rings. The van der Waals surface area contributed by atoms with E-state index in [0.29, 0.717) is 16.8 Å². The van der Waals surface area contributed by atoms with E-state index < -0.39 is 0 Å². The first-order valence-corrected chi connectivity index (χ1v) is 36.8. The van der Waals surface area contributed by atoms with Gasteiger partial charge in [-0.05, 0) is 205 Å². The molecule has 0 radical (unpaired) electrons. The molecule has 1 amide bonds. The van der Waals surface area contributed by atoms with Gasteiger partial charge in [-0.15, -0.1) is 102 Å². The molecule has 0 unspecified atom stereocenters. The van der Waals surface area contributed by atoms with E-state index in [1.165, 1.54) is 150 Å². The number of unbranched alkanes of at least 4 members (excludes halogenated alkanes) is 6. The highest BCUT2D eigenvalue weighted by Crippen LogP contribution is 2.51. The third kappa shape index (κ3) is 13.4. The van der Waals surface area contributed by atoms with Crippen LogP contribution in [0.2, 0.25) is 0 Å². The Kier molecular flexibility index (Phi) is 20.8. The second kappa shape index (κ2) is 28.3. The van der Waals surface area contributed by atoms with Crippen molar-refractivity contribution in [1.82, 2.24) is 5.32 Å². The maximum atomic E-state index is 14.0. The van der Waals surface area contributed by atoms with E-state index in [1.54, 1.807) is 34.0 Å². The van der Waals surface area contributed by atoms with Crippen LogP contribution in [0.25, 0.3) is 69.8 Å². The summed E-state index contributed by atoms with van der Waals surface area (Å²) in [6.07, 6.45) is 20.8. The number of thiophene rings is 9. The van der Waals surface area contributed by atoms with Crippen LogP contribution in [0.5, 0.6) is 0 Å². The van der Waals surface area contributed by atoms with E-state index in [0.717, 1.165) is 78.0 Å². The number of hydrogen-bond donors (Lipinski definition) is 1. The molecular weight excluding hydrogens is 1170 g/mol. The Morgan fingerprint density at radius 2 is 0.765 bits per heavy atom. The van der Waals surface area contributed by atoms with Gasteiger partial charge in [0.15, 0.2) is 5.78 Å². The smallest absolute Gasteiger partial charge is 0.256 e. The third-order valence-corrected chi connectivity index (χ3v) is 25.9. The van der Waals surface area contributed by atoms with Crippen LogP contribution in [0.4, 0.5) is 0 Å². The predicted molar refractivity (Wildman–Crippen MR) is 361 cm³/mol. The van der Waals surface area contributed by atoms with Gasteiger partial charge >= 0.3 is 0 Å². The molecule has 10 heterocycles. The van der Waals surface area contributed by atoms with Gasteiger partial charge in [0.2, 0.25) is 0 Å². The Bertz CT molecular complexity index is 3550. The van der Waals surface area contributed by atoms with E-state index in [-0.39, 0.29) is 18.1 Å². The first-order chi connectivity index (χ1) is 39.7. The van der Waals surface area contributed by atoms with Crippen LogP contribution in [0, 0.1) is 11.3 Å². The van der Waals surface area contributed by atoms with Crippen LogP contribution in [0.15, 0.2) is 100 Å². The summed E-state index contributed by atoms with van der Waals surface area (Å²) in [5.74, 6) is -0.0951. The molecule has 1 aliphatic carbocycles. The van der Waals surface area contributed by atoms with Gasteiger partial charge in [-0.1, -0.05) is 80.1 Å². The van der Waals surface area contributed by atoms with Gasteiger partial charge in [0.1, 0.15) is 10.9 Å². The molecule has 420 valence electrons. The van der Waals surface area contributed by atoms with Crippen molar-refractivity contribution in [2.45, 2.75) is 164 Å². The van der Waals surface area contributed by atoms with Gasteiger partial charge in [0, 0.05) is 69.8 Å². The number of ketones is 1. The summed E-state index contributed by atoms with van der Waals surface area (Å²) in [6.45, 7) is 13.4. The molecule has 0 fully saturated rings. The second-order valence-corrected chi connectivity index (χ2v) is 30.3. The van der Waals surface area contributed by atoms with Gasteiger partial charge in [0.25, 0.3) is 5.91 Å². The molecule has 11 rings (SSSR count). The fourth-order valence-electron chi connectivity index (χ4n) is 10.8. The predicted octanol–water partition coefficient (Wildman–Crippen LogP) is 23.1. The number of Topliss-reactive ketones (excluding diaryl/α,β-unsaturated/α-hetero) is 1. The minimum Gasteiger partial charge on any atom is -0.320 e. The highest BCUT2D eigenvalue weighted by molar-refractivity contribution is 7.28. The number of nitrogens with one attached hydrogen (secondary N) is 1. The lowest BCUT2D eigenvalue weighted by atomic mass is 10.0. The fourth-order valence-corrected chi connectivity index (χ4v) is 21.1. The van der Waals surface area contributed by atoms with Gasteiger partial charge in [-0.3, -0.25) is 9.59 Å². The Hall–Kier alpha value is -4.59. The normalized spacial score (nSPS) is 13.2. The molecule has 1 aliphatic heterocycles. The maximum absolute atomic E-state index is 14.0. The van der Waals surface area contributed by atoms with Crippen molar-refractivity contribution in [2.24, 2.45) is 0 Å². The number of carbonyl (C=O) groups is 2. The highest BCUT2D eigenvalue weighted by Gasteiger charge is 2.42. The van der Waals surface area contributed by atoms with Crippen molar-refractivity contribution in [1.29, 1.82) is 5.26 Å². The summed E-state index contributed by atoms with van der Waals surface area (Å²) >= 11 is 16.3. The average Bonchev–Trinajstić information content (AvgIpc) is 4.50. The lowest BCUT2D eigenvalue weighted by Crippen LogP contribution is -2.16. The summed E-state index contributed by atoms with van der Waals surface area (Å²) in [5, 5.41) is 19.2. The lowest BCUT2D eigenvalue weighted by molar-refractivity contribution is -0.116. The van der Waals surface area contributed by atoms with Crippen molar-refractivity contribution in [3.05, 3.63) is 148 Å². The van der Waals surface area contributed by atoms with Gasteiger partial charge in [-0.25, -0.2) is 0 Å². The van der Waals surface area contributed by atoms with Crippen molar-refractivity contribution in [3.63, 3.8) is 0 Å². The third-order valence-electron chi connectivity index (χ3n) is 15.2. The fraction of sp³-hybridized carbons (Fsp3) is 0.368. The van der Waals surface area contributed by atoms with Gasteiger partial charge < -0.3 is 5.32 Å². The van der Waals surface area contributed by atoms with Crippen molar-refractivity contribution in [2.75, 3.05) is 0 Å². The van der Waals surface area contributed by atoms with Crippen LogP contribution in [-0.2, 0) is 48.1 Å². The summed E-state index contributed by atoms with van der Waals surface area (Å²) in [6, 6.07) is 29.4. The number of fused-ring (bicyclic) bond motifs is 1. The molecule has 2 aliphatic rings. The molecule has 4 nitrogen and oxygen atoms in total. The lowest BCUT2D eigenvalue weighted by Gasteiger charge is -2.02. The van der Waals surface area contributed by atoms with E-state index in [9.17, 15) is 14.9 Å². The average molecular weight is 1240 g/mol. The van der Waals surface area contributed by atoms with E-state index in [1.807, 2.05) is 68.0 Å². The molecule has 0 spiro atoms. The Morgan fingerprint density at radius 3 is 1.17 bits per heavy atom. The first kappa shape index (κ1) is 59.6. The standard InChI is InChI=1S/C47H49NO2S6.C21H23NS3/c1-5-9-13-28-21-23-51-43(28)34-17-19-36(53-34)45-30(15-11-7-3)25-38(55-45)32-27-33(49)41-40(32)47(50)48-42(41)39-26-31(16-12-8-4)46(56-39)37-20-18-35(54-37)44-29(14-10-6-2)22-24-52-44;1-3-5-7-15-11-12-23-20(15)18-9-10-19(25-18)21-16(8-6-4-2)13-17(14-22)24-21/h17-26H,5-16,27H2,1-4H3,(H,48,50);9-13H,3-8H2,1-2H3. The number of hydrogen-bond acceptors (Lipinski definition) is 12. The molecule has 81 heavy (non-hydrogen) atoms. The van der Waals surface area contributed by atoms with Gasteiger partial charge in [0.05, 0.1) is 21.7 Å². The topological polar surface area (TPSA) is 70.0 Å². The van der Waals surface area contributed by atoms with Crippen LogP contribution in [0.3, 0.4) is 0 Å². The Balaban J connectivity index is 0.000000246. The molecule has 0 saturated carbocycles. The molecule has 1 N–H and O–H groups in total. The molecule has 0 atom stereocenters. The van der Waals surface area contributed by atoms with Crippen LogP contribution in [0.1, 0.15) is 173 Å². The van der Waals surface area contributed by atoms with E-state index in [4.69, 9.17) is 0 Å². The Morgan fingerprint density at radius 1 is 0.407 bits per heavy atom. The number of amides is 1. The zero-order valence-corrected chi connectivity index (χ0v) is 54.9. The number of nitriles is 1. The minimum absolute atomic E-state index is 0.0462. The van der Waals surface area contributed by atoms with Crippen molar-refractivity contribution in [3.8, 4) is 64.6 Å². The second-order valence-electron chi connectivity index (χ2n) is 21.1. The number of allylic oxidation sites excluding steroid dienone is 1. The Labute approximate surface area is 516 Å². The molecule has 0 aromatic carbocycles. The number of rotatable bonds is 26. The largest absolute Gasteiger partial charge is 0.320 e. The molecular formula is C68H72N2O2S9. The van der Waals surface area contributed by atoms with Crippen molar-refractivity contribution < 1.29 is 9.59 Å². The van der Waals surface area contributed by atoms with E-state index >= 15 is 0 Å². The molecule has 0 bridgehead atoms.